The predicted octanol–water partition coefficient (Wildman–Crippen LogP) is 2.52. The van der Waals surface area contributed by atoms with Gasteiger partial charge in [-0.15, -0.1) is 6.58 Å². The van der Waals surface area contributed by atoms with Crippen LogP contribution in [0.3, 0.4) is 0 Å². The molecule has 0 bridgehead atoms. The number of nitrogens with zero attached hydrogens (tertiary/aromatic N) is 1. The Kier molecular flexibility index (Phi) is 4.37. The molecule has 0 fully saturated rings. The average molecular weight is 237 g/mol. The van der Waals surface area contributed by atoms with Crippen LogP contribution in [0.2, 0.25) is 0 Å². The van der Waals surface area contributed by atoms with Crippen molar-refractivity contribution in [1.82, 2.24) is 4.98 Å². The van der Waals surface area contributed by atoms with Gasteiger partial charge in [0.1, 0.15) is 5.82 Å². The zero-order valence-electron chi connectivity index (χ0n) is 10.1. The van der Waals surface area contributed by atoms with E-state index in [0.29, 0.717) is 18.6 Å². The molecule has 0 spiro atoms. The van der Waals surface area contributed by atoms with Crippen molar-refractivity contribution in [3.05, 3.63) is 42.5 Å². The topological polar surface area (TPSA) is 39.2 Å². The second kappa shape index (κ2) is 5.57. The van der Waals surface area contributed by atoms with E-state index in [9.17, 15) is 9.18 Å². The van der Waals surface area contributed by atoms with E-state index in [1.165, 1.54) is 18.3 Å². The van der Waals surface area contributed by atoms with Gasteiger partial charge in [-0.05, 0) is 31.9 Å². The molecule has 17 heavy (non-hydrogen) atoms. The first kappa shape index (κ1) is 13.4. The first-order chi connectivity index (χ1) is 8.01. The van der Waals surface area contributed by atoms with E-state index >= 15 is 0 Å². The molecule has 92 valence electrons. The summed E-state index contributed by atoms with van der Waals surface area (Å²) < 4.78 is 18.0. The maximum atomic E-state index is 13.0. The lowest BCUT2D eigenvalue weighted by Crippen LogP contribution is -2.30. The summed E-state index contributed by atoms with van der Waals surface area (Å²) in [6.45, 7) is 7.40. The lowest BCUT2D eigenvalue weighted by molar-refractivity contribution is -0.151. The van der Waals surface area contributed by atoms with E-state index in [1.807, 2.05) is 0 Å². The first-order valence-corrected chi connectivity index (χ1v) is 5.42. The van der Waals surface area contributed by atoms with Crippen molar-refractivity contribution in [3.8, 4) is 0 Å². The Morgan fingerprint density at radius 2 is 2.35 bits per heavy atom. The van der Waals surface area contributed by atoms with Crippen LogP contribution in [-0.2, 0) is 16.0 Å². The molecule has 0 N–H and O–H groups in total. The highest BCUT2D eigenvalue weighted by molar-refractivity contribution is 5.79. The van der Waals surface area contributed by atoms with Gasteiger partial charge in [0, 0.05) is 6.20 Å². The van der Waals surface area contributed by atoms with Crippen molar-refractivity contribution in [2.45, 2.75) is 20.3 Å². The lowest BCUT2D eigenvalue weighted by Gasteiger charge is -2.23. The highest BCUT2D eigenvalue weighted by Crippen LogP contribution is 2.25. The summed E-state index contributed by atoms with van der Waals surface area (Å²) in [5.41, 5.74) is -0.216. The summed E-state index contributed by atoms with van der Waals surface area (Å²) in [4.78, 5) is 15.5. The molecule has 0 aliphatic rings. The number of esters is 1. The Morgan fingerprint density at radius 3 is 2.88 bits per heavy atom. The largest absolute Gasteiger partial charge is 0.465 e. The number of ether oxygens (including phenoxy) is 1. The summed E-state index contributed by atoms with van der Waals surface area (Å²) in [5.74, 6) is -0.781. The molecule has 3 nitrogen and oxygen atoms in total. The smallest absolute Gasteiger partial charge is 0.315 e. The van der Waals surface area contributed by atoms with Gasteiger partial charge in [-0.2, -0.15) is 0 Å². The minimum atomic E-state index is -0.856. The van der Waals surface area contributed by atoms with Gasteiger partial charge in [0.15, 0.2) is 0 Å². The van der Waals surface area contributed by atoms with Crippen molar-refractivity contribution in [1.29, 1.82) is 0 Å². The second-order valence-corrected chi connectivity index (χ2v) is 4.03. The van der Waals surface area contributed by atoms with Crippen LogP contribution in [0, 0.1) is 11.2 Å². The Morgan fingerprint density at radius 1 is 1.65 bits per heavy atom. The minimum Gasteiger partial charge on any atom is -0.465 e. The predicted molar refractivity (Wildman–Crippen MR) is 62.8 cm³/mol. The van der Waals surface area contributed by atoms with Gasteiger partial charge in [-0.3, -0.25) is 9.78 Å². The quantitative estimate of drug-likeness (QED) is 0.583. The fraction of sp³-hybridized carbons (Fsp3) is 0.385. The molecular weight excluding hydrogens is 221 g/mol. The third kappa shape index (κ3) is 3.37. The Labute approximate surface area is 100 Å². The zero-order valence-corrected chi connectivity index (χ0v) is 10.1. The number of aromatic nitrogens is 1. The van der Waals surface area contributed by atoms with Gasteiger partial charge < -0.3 is 4.74 Å². The molecular formula is C13H16FNO2. The first-order valence-electron chi connectivity index (χ1n) is 5.42. The monoisotopic (exact) mass is 237 g/mol. The van der Waals surface area contributed by atoms with Crippen molar-refractivity contribution >= 4 is 5.97 Å². The van der Waals surface area contributed by atoms with E-state index in [0.717, 1.165) is 6.20 Å². The van der Waals surface area contributed by atoms with Gasteiger partial charge in [-0.1, -0.05) is 6.08 Å². The molecule has 1 aromatic heterocycles. The van der Waals surface area contributed by atoms with Crippen LogP contribution in [-0.4, -0.2) is 17.6 Å². The summed E-state index contributed by atoms with van der Waals surface area (Å²) in [6.07, 6.45) is 4.50. The lowest BCUT2D eigenvalue weighted by atomic mass is 9.84. The van der Waals surface area contributed by atoms with E-state index < -0.39 is 11.2 Å². The molecule has 1 atom stereocenters. The van der Waals surface area contributed by atoms with E-state index in [4.69, 9.17) is 4.74 Å². The molecule has 1 aromatic rings. The van der Waals surface area contributed by atoms with E-state index in [-0.39, 0.29) is 5.97 Å². The summed E-state index contributed by atoms with van der Waals surface area (Å²) in [6, 6.07) is 1.36. The van der Waals surface area contributed by atoms with Crippen LogP contribution in [0.25, 0.3) is 0 Å². The maximum Gasteiger partial charge on any atom is 0.315 e. The fourth-order valence-electron chi connectivity index (χ4n) is 1.50. The highest BCUT2D eigenvalue weighted by atomic mass is 19.1. The zero-order chi connectivity index (χ0) is 12.9. The summed E-state index contributed by atoms with van der Waals surface area (Å²) >= 11 is 0. The molecule has 1 heterocycles. The third-order valence-corrected chi connectivity index (χ3v) is 2.53. The number of halogens is 1. The third-order valence-electron chi connectivity index (χ3n) is 2.53. The van der Waals surface area contributed by atoms with Crippen molar-refractivity contribution < 1.29 is 13.9 Å². The van der Waals surface area contributed by atoms with Crippen LogP contribution in [0.4, 0.5) is 4.39 Å². The van der Waals surface area contributed by atoms with Crippen molar-refractivity contribution in [3.63, 3.8) is 0 Å². The molecule has 1 rings (SSSR count). The summed E-state index contributed by atoms with van der Waals surface area (Å²) in [5, 5.41) is 0. The highest BCUT2D eigenvalue weighted by Gasteiger charge is 2.31. The number of hydrogen-bond acceptors (Lipinski definition) is 3. The van der Waals surface area contributed by atoms with Gasteiger partial charge in [0.25, 0.3) is 0 Å². The number of hydrogen-bond donors (Lipinski definition) is 0. The van der Waals surface area contributed by atoms with Gasteiger partial charge >= 0.3 is 5.97 Å². The normalized spacial score (nSPS) is 13.8. The van der Waals surface area contributed by atoms with Crippen LogP contribution >= 0.6 is 0 Å². The van der Waals surface area contributed by atoms with E-state index in [1.54, 1.807) is 13.8 Å². The molecule has 0 amide bonds. The number of carbonyl (C=O) groups is 1. The molecule has 0 saturated carbocycles. The fourth-order valence-corrected chi connectivity index (χ4v) is 1.50. The molecule has 0 radical (unpaired) electrons. The Balaban J connectivity index is 2.89. The maximum absolute atomic E-state index is 13.0. The minimum absolute atomic E-state index is 0.309. The SMILES string of the molecule is C=CC(C)(Cc1cncc(F)c1)C(=O)OCC. The standard InChI is InChI=1S/C13H16FNO2/c1-4-13(3,12(16)17-5-2)7-10-6-11(14)9-15-8-10/h4,6,8-9H,1,5,7H2,2-3H3. The number of rotatable bonds is 5. The van der Waals surface area contributed by atoms with Crippen LogP contribution < -0.4 is 0 Å². The molecule has 0 aromatic carbocycles. The molecule has 4 heteroatoms. The number of carbonyl (C=O) groups excluding carboxylic acids is 1. The molecule has 0 saturated heterocycles. The summed E-state index contributed by atoms with van der Waals surface area (Å²) in [7, 11) is 0. The van der Waals surface area contributed by atoms with Gasteiger partial charge in [-0.25, -0.2) is 4.39 Å². The molecule has 1 unspecified atom stereocenters. The average Bonchev–Trinajstić information content (AvgIpc) is 2.29. The van der Waals surface area contributed by atoms with Gasteiger partial charge in [0.2, 0.25) is 0 Å². The van der Waals surface area contributed by atoms with E-state index in [2.05, 4.69) is 11.6 Å². The van der Waals surface area contributed by atoms with Crippen molar-refractivity contribution in [2.75, 3.05) is 6.61 Å². The van der Waals surface area contributed by atoms with Crippen LogP contribution in [0.5, 0.6) is 0 Å². The van der Waals surface area contributed by atoms with Crippen LogP contribution in [0.1, 0.15) is 19.4 Å². The Hall–Kier alpha value is -1.71. The van der Waals surface area contributed by atoms with Gasteiger partial charge in [0.05, 0.1) is 18.2 Å². The van der Waals surface area contributed by atoms with Crippen LogP contribution in [0.15, 0.2) is 31.1 Å². The van der Waals surface area contributed by atoms with Crippen molar-refractivity contribution in [2.24, 2.45) is 5.41 Å². The Bertz CT molecular complexity index is 420. The molecule has 0 aliphatic carbocycles. The second-order valence-electron chi connectivity index (χ2n) is 4.03. The number of pyridine rings is 1. The molecule has 0 aliphatic heterocycles.